The van der Waals surface area contributed by atoms with Crippen LogP contribution in [0.4, 0.5) is 5.69 Å². The molecule has 0 heterocycles. The van der Waals surface area contributed by atoms with Crippen LogP contribution in [0.1, 0.15) is 11.1 Å². The normalized spacial score (nSPS) is 10.1. The van der Waals surface area contributed by atoms with Crippen LogP contribution in [0, 0.1) is 13.8 Å². The summed E-state index contributed by atoms with van der Waals surface area (Å²) in [4.78, 5) is 23.5. The molecule has 0 unspecified atom stereocenters. The lowest BCUT2D eigenvalue weighted by atomic mass is 10.1. The fourth-order valence-electron chi connectivity index (χ4n) is 1.93. The summed E-state index contributed by atoms with van der Waals surface area (Å²) in [6.45, 7) is 3.69. The molecule has 0 saturated heterocycles. The third-order valence-corrected chi connectivity index (χ3v) is 3.67. The van der Waals surface area contributed by atoms with Crippen LogP contribution in [0.25, 0.3) is 0 Å². The molecule has 126 valence electrons. The van der Waals surface area contributed by atoms with Gasteiger partial charge in [-0.15, -0.1) is 0 Å². The Morgan fingerprint density at radius 2 is 1.71 bits per heavy atom. The fourth-order valence-corrected chi connectivity index (χ4v) is 2.06. The summed E-state index contributed by atoms with van der Waals surface area (Å²) in [5.74, 6) is -0.132. The molecule has 0 aliphatic rings. The third kappa shape index (κ3) is 5.59. The number of benzene rings is 2. The summed E-state index contributed by atoms with van der Waals surface area (Å²) in [5.41, 5.74) is 2.95. The maximum atomic E-state index is 11.8. The van der Waals surface area contributed by atoms with Crippen molar-refractivity contribution in [1.82, 2.24) is 5.32 Å². The molecular weight excluding hydrogens is 328 g/mol. The number of hydrogen-bond acceptors (Lipinski definition) is 3. The van der Waals surface area contributed by atoms with Crippen molar-refractivity contribution < 1.29 is 14.3 Å². The Bertz CT molecular complexity index is 730. The number of rotatable bonds is 6. The number of halogens is 1. The van der Waals surface area contributed by atoms with Crippen molar-refractivity contribution in [2.75, 3.05) is 18.5 Å². The Kier molecular flexibility index (Phi) is 6.21. The van der Waals surface area contributed by atoms with Gasteiger partial charge in [-0.2, -0.15) is 0 Å². The standard InChI is InChI=1S/C18H19ClN2O3/c1-12-3-6-15(9-13(12)2)21-17(22)10-20-18(23)11-24-16-7-4-14(19)5-8-16/h3-9H,10-11H2,1-2H3,(H,20,23)(H,21,22). The van der Waals surface area contributed by atoms with Crippen molar-refractivity contribution in [3.8, 4) is 5.75 Å². The molecule has 0 aliphatic heterocycles. The molecule has 2 N–H and O–H groups in total. The van der Waals surface area contributed by atoms with Gasteiger partial charge < -0.3 is 15.4 Å². The van der Waals surface area contributed by atoms with Crippen LogP contribution < -0.4 is 15.4 Å². The van der Waals surface area contributed by atoms with Crippen LogP contribution in [0.15, 0.2) is 42.5 Å². The van der Waals surface area contributed by atoms with E-state index >= 15 is 0 Å². The van der Waals surface area contributed by atoms with Crippen LogP contribution >= 0.6 is 11.6 Å². The summed E-state index contributed by atoms with van der Waals surface area (Å²) in [6, 6.07) is 12.3. The first-order chi connectivity index (χ1) is 11.4. The zero-order chi connectivity index (χ0) is 17.5. The molecule has 2 amide bonds. The van der Waals surface area contributed by atoms with E-state index in [1.54, 1.807) is 24.3 Å². The number of carbonyl (C=O) groups excluding carboxylic acids is 2. The van der Waals surface area contributed by atoms with Gasteiger partial charge in [0.1, 0.15) is 5.75 Å². The van der Waals surface area contributed by atoms with E-state index < -0.39 is 0 Å². The summed E-state index contributed by atoms with van der Waals surface area (Å²) in [5, 5.41) is 5.84. The van der Waals surface area contributed by atoms with E-state index in [-0.39, 0.29) is 25.0 Å². The number of amides is 2. The van der Waals surface area contributed by atoms with E-state index in [0.29, 0.717) is 16.5 Å². The molecule has 0 aromatic heterocycles. The van der Waals surface area contributed by atoms with Gasteiger partial charge in [0.2, 0.25) is 5.91 Å². The number of carbonyl (C=O) groups is 2. The van der Waals surface area contributed by atoms with Crippen LogP contribution in [-0.4, -0.2) is 25.0 Å². The highest BCUT2D eigenvalue weighted by Crippen LogP contribution is 2.15. The van der Waals surface area contributed by atoms with Gasteiger partial charge in [0, 0.05) is 10.7 Å². The van der Waals surface area contributed by atoms with Crippen molar-refractivity contribution in [3.05, 3.63) is 58.6 Å². The Morgan fingerprint density at radius 1 is 1.00 bits per heavy atom. The van der Waals surface area contributed by atoms with Gasteiger partial charge in [0.15, 0.2) is 6.61 Å². The highest BCUT2D eigenvalue weighted by atomic mass is 35.5. The number of nitrogens with one attached hydrogen (secondary N) is 2. The van der Waals surface area contributed by atoms with Crippen molar-refractivity contribution in [1.29, 1.82) is 0 Å². The van der Waals surface area contributed by atoms with E-state index in [2.05, 4.69) is 10.6 Å². The molecule has 0 fully saturated rings. The maximum absolute atomic E-state index is 11.8. The zero-order valence-electron chi connectivity index (χ0n) is 13.6. The van der Waals surface area contributed by atoms with Crippen molar-refractivity contribution in [2.45, 2.75) is 13.8 Å². The maximum Gasteiger partial charge on any atom is 0.258 e. The quantitative estimate of drug-likeness (QED) is 0.844. The predicted octanol–water partition coefficient (Wildman–Crippen LogP) is 3.09. The minimum atomic E-state index is -0.375. The molecule has 0 bridgehead atoms. The molecule has 0 saturated carbocycles. The Labute approximate surface area is 146 Å². The second kappa shape index (κ2) is 8.36. The minimum absolute atomic E-state index is 0.115. The highest BCUT2D eigenvalue weighted by Gasteiger charge is 2.07. The molecule has 5 nitrogen and oxygen atoms in total. The molecule has 2 rings (SSSR count). The van der Waals surface area contributed by atoms with Gasteiger partial charge >= 0.3 is 0 Å². The van der Waals surface area contributed by atoms with Crippen molar-refractivity contribution >= 4 is 29.1 Å². The molecule has 0 aliphatic carbocycles. The summed E-state index contributed by atoms with van der Waals surface area (Å²) in [6.07, 6.45) is 0. The second-order valence-corrected chi connectivity index (χ2v) is 5.80. The first-order valence-electron chi connectivity index (χ1n) is 7.46. The molecular formula is C18H19ClN2O3. The minimum Gasteiger partial charge on any atom is -0.484 e. The van der Waals surface area contributed by atoms with Gasteiger partial charge in [-0.3, -0.25) is 9.59 Å². The first kappa shape index (κ1) is 17.8. The molecule has 0 spiro atoms. The predicted molar refractivity (Wildman–Crippen MR) is 94.5 cm³/mol. The SMILES string of the molecule is Cc1ccc(NC(=O)CNC(=O)COc2ccc(Cl)cc2)cc1C. The fraction of sp³-hybridized carbons (Fsp3) is 0.222. The third-order valence-electron chi connectivity index (χ3n) is 3.42. The van der Waals surface area contributed by atoms with Gasteiger partial charge in [0.05, 0.1) is 6.54 Å². The van der Waals surface area contributed by atoms with Crippen LogP contribution in [0.5, 0.6) is 5.75 Å². The number of ether oxygens (including phenoxy) is 1. The van der Waals surface area contributed by atoms with E-state index in [9.17, 15) is 9.59 Å². The van der Waals surface area contributed by atoms with Gasteiger partial charge in [-0.05, 0) is 61.4 Å². The van der Waals surface area contributed by atoms with E-state index in [1.807, 2.05) is 32.0 Å². The largest absolute Gasteiger partial charge is 0.484 e. The average molecular weight is 347 g/mol. The Hall–Kier alpha value is -2.53. The van der Waals surface area contributed by atoms with Crippen LogP contribution in [-0.2, 0) is 9.59 Å². The smallest absolute Gasteiger partial charge is 0.258 e. The number of aryl methyl sites for hydroxylation is 2. The number of anilines is 1. The molecule has 2 aromatic carbocycles. The van der Waals surface area contributed by atoms with Crippen LogP contribution in [0.3, 0.4) is 0 Å². The summed E-state index contributed by atoms with van der Waals surface area (Å²) < 4.78 is 5.30. The highest BCUT2D eigenvalue weighted by molar-refractivity contribution is 6.30. The molecule has 24 heavy (non-hydrogen) atoms. The lowest BCUT2D eigenvalue weighted by Crippen LogP contribution is -2.35. The van der Waals surface area contributed by atoms with Crippen molar-refractivity contribution in [3.63, 3.8) is 0 Å². The Morgan fingerprint density at radius 3 is 2.38 bits per heavy atom. The summed E-state index contributed by atoms with van der Waals surface area (Å²) >= 11 is 5.76. The first-order valence-corrected chi connectivity index (χ1v) is 7.84. The summed E-state index contributed by atoms with van der Waals surface area (Å²) in [7, 11) is 0. The zero-order valence-corrected chi connectivity index (χ0v) is 14.3. The van der Waals surface area contributed by atoms with Gasteiger partial charge in [-0.25, -0.2) is 0 Å². The van der Waals surface area contributed by atoms with E-state index in [4.69, 9.17) is 16.3 Å². The number of hydrogen-bond donors (Lipinski definition) is 2. The van der Waals surface area contributed by atoms with E-state index in [0.717, 1.165) is 11.1 Å². The lowest BCUT2D eigenvalue weighted by molar-refractivity contribution is -0.125. The molecule has 0 radical (unpaired) electrons. The van der Waals surface area contributed by atoms with Gasteiger partial charge in [-0.1, -0.05) is 17.7 Å². The topological polar surface area (TPSA) is 67.4 Å². The van der Waals surface area contributed by atoms with Crippen molar-refractivity contribution in [2.24, 2.45) is 0 Å². The van der Waals surface area contributed by atoms with Crippen LogP contribution in [0.2, 0.25) is 5.02 Å². The van der Waals surface area contributed by atoms with E-state index in [1.165, 1.54) is 0 Å². The lowest BCUT2D eigenvalue weighted by Gasteiger charge is -2.09. The molecule has 2 aromatic rings. The van der Waals surface area contributed by atoms with Gasteiger partial charge in [0.25, 0.3) is 5.91 Å². The average Bonchev–Trinajstić information content (AvgIpc) is 2.56. The second-order valence-electron chi connectivity index (χ2n) is 5.37. The molecule has 0 atom stereocenters. The Balaban J connectivity index is 1.73. The molecule has 6 heteroatoms. The monoisotopic (exact) mass is 346 g/mol.